The Balaban J connectivity index is 1.87. The third kappa shape index (κ3) is 5.09. The Kier molecular flexibility index (Phi) is 6.49. The molecule has 3 rings (SSSR count). The second-order valence-corrected chi connectivity index (χ2v) is 9.34. The van der Waals surface area contributed by atoms with E-state index < -0.39 is 0 Å². The quantitative estimate of drug-likeness (QED) is 0.690. The lowest BCUT2D eigenvalue weighted by molar-refractivity contribution is 0.140. The van der Waals surface area contributed by atoms with E-state index in [9.17, 15) is 0 Å². The maximum atomic E-state index is 6.61. The Morgan fingerprint density at radius 1 is 1.41 bits per heavy atom. The SMILES string of the molecule is CCC1CC(C(/C=C(\N)c2ccc(-n3cccn3)cc2C)C(C)N)CC(C)(C)N1. The normalized spacial score (nSPS) is 24.3. The summed E-state index contributed by atoms with van der Waals surface area (Å²) in [4.78, 5) is 0. The number of nitrogens with one attached hydrogen (secondary N) is 1. The van der Waals surface area contributed by atoms with Crippen LogP contribution in [0.5, 0.6) is 0 Å². The van der Waals surface area contributed by atoms with Crippen LogP contribution < -0.4 is 16.8 Å². The number of aryl methyl sites for hydroxylation is 1. The van der Waals surface area contributed by atoms with Crippen LogP contribution >= 0.6 is 0 Å². The minimum Gasteiger partial charge on any atom is -0.398 e. The highest BCUT2D eigenvalue weighted by Crippen LogP contribution is 2.36. The first-order chi connectivity index (χ1) is 13.7. The Hall–Kier alpha value is -2.11. The van der Waals surface area contributed by atoms with Crippen LogP contribution in [0.2, 0.25) is 0 Å². The highest BCUT2D eigenvalue weighted by Gasteiger charge is 2.36. The summed E-state index contributed by atoms with van der Waals surface area (Å²) in [6.45, 7) is 11.1. The number of hydrogen-bond acceptors (Lipinski definition) is 4. The van der Waals surface area contributed by atoms with Crippen LogP contribution in [0.25, 0.3) is 11.4 Å². The summed E-state index contributed by atoms with van der Waals surface area (Å²) in [6.07, 6.45) is 9.35. The van der Waals surface area contributed by atoms with Gasteiger partial charge in [-0.1, -0.05) is 19.1 Å². The van der Waals surface area contributed by atoms with Gasteiger partial charge in [-0.05, 0) is 82.6 Å². The van der Waals surface area contributed by atoms with E-state index in [2.05, 4.69) is 69.3 Å². The molecule has 0 bridgehead atoms. The van der Waals surface area contributed by atoms with Crippen LogP contribution in [0, 0.1) is 18.8 Å². The van der Waals surface area contributed by atoms with Gasteiger partial charge in [0.15, 0.2) is 0 Å². The summed E-state index contributed by atoms with van der Waals surface area (Å²) in [5, 5.41) is 8.09. The van der Waals surface area contributed by atoms with Gasteiger partial charge in [-0.2, -0.15) is 5.10 Å². The number of nitrogens with two attached hydrogens (primary N) is 2. The summed E-state index contributed by atoms with van der Waals surface area (Å²) in [7, 11) is 0. The smallest absolute Gasteiger partial charge is 0.0648 e. The van der Waals surface area contributed by atoms with Crippen LogP contribution in [-0.4, -0.2) is 27.4 Å². The van der Waals surface area contributed by atoms with Gasteiger partial charge in [0, 0.05) is 41.3 Å². The Labute approximate surface area is 175 Å². The Morgan fingerprint density at radius 2 is 2.17 bits per heavy atom. The van der Waals surface area contributed by atoms with Crippen molar-refractivity contribution in [2.75, 3.05) is 0 Å². The van der Waals surface area contributed by atoms with E-state index in [-0.39, 0.29) is 17.5 Å². The van der Waals surface area contributed by atoms with Crippen LogP contribution in [-0.2, 0) is 0 Å². The van der Waals surface area contributed by atoms with E-state index in [0.29, 0.717) is 12.0 Å². The predicted molar refractivity (Wildman–Crippen MR) is 122 cm³/mol. The molecule has 1 saturated heterocycles. The summed E-state index contributed by atoms with van der Waals surface area (Å²) in [5.74, 6) is 0.786. The van der Waals surface area contributed by atoms with Crippen molar-refractivity contribution in [1.29, 1.82) is 0 Å². The van der Waals surface area contributed by atoms with E-state index in [0.717, 1.165) is 41.8 Å². The molecule has 2 aromatic rings. The molecule has 1 aromatic carbocycles. The number of piperidine rings is 1. The van der Waals surface area contributed by atoms with Crippen molar-refractivity contribution >= 4 is 5.70 Å². The topological polar surface area (TPSA) is 81.9 Å². The van der Waals surface area contributed by atoms with Gasteiger partial charge >= 0.3 is 0 Å². The van der Waals surface area contributed by atoms with Gasteiger partial charge in [0.05, 0.1) is 5.69 Å². The molecule has 29 heavy (non-hydrogen) atoms. The largest absolute Gasteiger partial charge is 0.398 e. The van der Waals surface area contributed by atoms with Gasteiger partial charge in [0.2, 0.25) is 0 Å². The molecule has 0 amide bonds. The fourth-order valence-electron chi connectivity index (χ4n) is 4.89. The van der Waals surface area contributed by atoms with E-state index in [1.54, 1.807) is 6.20 Å². The third-order valence-electron chi connectivity index (χ3n) is 6.26. The second kappa shape index (κ2) is 8.72. The lowest BCUT2D eigenvalue weighted by Crippen LogP contribution is -2.54. The highest BCUT2D eigenvalue weighted by molar-refractivity contribution is 5.67. The molecule has 1 aromatic heterocycles. The lowest BCUT2D eigenvalue weighted by atomic mass is 9.72. The van der Waals surface area contributed by atoms with Crippen molar-refractivity contribution in [3.05, 3.63) is 53.9 Å². The number of rotatable bonds is 6. The fourth-order valence-corrected chi connectivity index (χ4v) is 4.89. The minimum atomic E-state index is 0.0635. The van der Waals surface area contributed by atoms with Crippen molar-refractivity contribution in [1.82, 2.24) is 15.1 Å². The molecule has 5 N–H and O–H groups in total. The zero-order valence-electron chi connectivity index (χ0n) is 18.5. The van der Waals surface area contributed by atoms with Crippen LogP contribution in [0.1, 0.15) is 58.1 Å². The molecule has 158 valence electrons. The number of aromatic nitrogens is 2. The molecule has 0 spiro atoms. The first-order valence-corrected chi connectivity index (χ1v) is 10.8. The molecule has 1 aliphatic rings. The zero-order chi connectivity index (χ0) is 21.2. The van der Waals surface area contributed by atoms with Gasteiger partial charge in [-0.3, -0.25) is 0 Å². The van der Waals surface area contributed by atoms with Crippen molar-refractivity contribution in [3.8, 4) is 5.69 Å². The number of benzene rings is 1. The van der Waals surface area contributed by atoms with Crippen molar-refractivity contribution in [2.24, 2.45) is 23.3 Å². The Morgan fingerprint density at radius 3 is 2.76 bits per heavy atom. The lowest BCUT2D eigenvalue weighted by Gasteiger charge is -2.44. The molecule has 0 saturated carbocycles. The van der Waals surface area contributed by atoms with Crippen molar-refractivity contribution in [2.45, 2.75) is 71.5 Å². The van der Waals surface area contributed by atoms with Crippen LogP contribution in [0.15, 0.2) is 42.7 Å². The van der Waals surface area contributed by atoms with Crippen molar-refractivity contribution < 1.29 is 0 Å². The van der Waals surface area contributed by atoms with Crippen LogP contribution in [0.4, 0.5) is 0 Å². The first-order valence-electron chi connectivity index (χ1n) is 10.8. The van der Waals surface area contributed by atoms with Gasteiger partial charge < -0.3 is 16.8 Å². The molecule has 1 aliphatic heterocycles. The summed E-state index contributed by atoms with van der Waals surface area (Å²) < 4.78 is 1.86. The molecule has 0 radical (unpaired) electrons. The predicted octanol–water partition coefficient (Wildman–Crippen LogP) is 4.00. The average Bonchev–Trinajstić information content (AvgIpc) is 3.18. The first kappa shape index (κ1) is 21.6. The molecular weight excluding hydrogens is 358 g/mol. The summed E-state index contributed by atoms with van der Waals surface area (Å²) in [6, 6.07) is 8.82. The number of nitrogens with zero attached hydrogens (tertiary/aromatic N) is 2. The summed E-state index contributed by atoms with van der Waals surface area (Å²) in [5.41, 5.74) is 17.3. The van der Waals surface area contributed by atoms with Crippen molar-refractivity contribution in [3.63, 3.8) is 0 Å². The minimum absolute atomic E-state index is 0.0635. The van der Waals surface area contributed by atoms with Gasteiger partial charge in [0.25, 0.3) is 0 Å². The molecule has 0 aliphatic carbocycles. The van der Waals surface area contributed by atoms with E-state index in [1.165, 1.54) is 0 Å². The maximum absolute atomic E-state index is 6.61. The standard InChI is InChI=1S/C24H37N5/c1-6-19-13-18(15-24(4,5)28-19)22(17(3)25)14-23(26)21-9-8-20(12-16(21)2)29-11-7-10-27-29/h7-12,14,17-19,22,28H,6,13,15,25-26H2,1-5H3/b23-14-. The van der Waals surface area contributed by atoms with Gasteiger partial charge in [-0.15, -0.1) is 0 Å². The van der Waals surface area contributed by atoms with E-state index in [1.807, 2.05) is 16.9 Å². The van der Waals surface area contributed by atoms with E-state index in [4.69, 9.17) is 11.5 Å². The molecule has 4 atom stereocenters. The number of hydrogen-bond donors (Lipinski definition) is 3. The fraction of sp³-hybridized carbons (Fsp3) is 0.542. The maximum Gasteiger partial charge on any atom is 0.0648 e. The second-order valence-electron chi connectivity index (χ2n) is 9.34. The van der Waals surface area contributed by atoms with Gasteiger partial charge in [0.1, 0.15) is 0 Å². The van der Waals surface area contributed by atoms with Gasteiger partial charge in [-0.25, -0.2) is 4.68 Å². The zero-order valence-corrected chi connectivity index (χ0v) is 18.5. The Bertz CT molecular complexity index is 835. The third-order valence-corrected chi connectivity index (χ3v) is 6.26. The monoisotopic (exact) mass is 395 g/mol. The molecule has 2 heterocycles. The average molecular weight is 396 g/mol. The molecule has 5 nitrogen and oxygen atoms in total. The molecular formula is C24H37N5. The van der Waals surface area contributed by atoms with Crippen LogP contribution in [0.3, 0.4) is 0 Å². The summed E-state index contributed by atoms with van der Waals surface area (Å²) >= 11 is 0. The highest BCUT2D eigenvalue weighted by atomic mass is 15.3. The molecule has 4 unspecified atom stereocenters. The van der Waals surface area contributed by atoms with E-state index >= 15 is 0 Å². The molecule has 5 heteroatoms. The molecule has 1 fully saturated rings.